The van der Waals surface area contributed by atoms with Gasteiger partial charge in [0.25, 0.3) is 17.2 Å². The summed E-state index contributed by atoms with van der Waals surface area (Å²) in [6.45, 7) is 3.01. The van der Waals surface area contributed by atoms with Gasteiger partial charge in [-0.15, -0.1) is 5.10 Å². The summed E-state index contributed by atoms with van der Waals surface area (Å²) in [4.78, 5) is 58.2. The van der Waals surface area contributed by atoms with Gasteiger partial charge in [0, 0.05) is 18.4 Å². The van der Waals surface area contributed by atoms with Crippen LogP contribution in [0.4, 0.5) is 5.82 Å². The zero-order valence-corrected chi connectivity index (χ0v) is 15.1. The van der Waals surface area contributed by atoms with E-state index < -0.39 is 35.2 Å². The van der Waals surface area contributed by atoms with Crippen LogP contribution in [0.15, 0.2) is 21.9 Å². The van der Waals surface area contributed by atoms with E-state index in [1.54, 1.807) is 19.9 Å². The minimum atomic E-state index is -0.963. The van der Waals surface area contributed by atoms with Crippen LogP contribution in [0.2, 0.25) is 0 Å². The lowest BCUT2D eigenvalue weighted by Crippen LogP contribution is -2.37. The minimum Gasteiger partial charge on any atom is -0.451 e. The number of Topliss-reactive ketones (excluding diaryl/α,β-unsaturated/α-hetero) is 1. The zero-order valence-electron chi connectivity index (χ0n) is 15.1. The van der Waals surface area contributed by atoms with E-state index in [0.717, 1.165) is 4.57 Å². The maximum atomic E-state index is 12.4. The van der Waals surface area contributed by atoms with E-state index in [-0.39, 0.29) is 24.0 Å². The molecule has 0 unspecified atom stereocenters. The van der Waals surface area contributed by atoms with E-state index >= 15 is 0 Å². The van der Waals surface area contributed by atoms with Crippen molar-refractivity contribution >= 4 is 23.3 Å². The molecule has 0 bridgehead atoms. The summed E-state index contributed by atoms with van der Waals surface area (Å²) in [6, 6.07) is 1.68. The first-order chi connectivity index (χ1) is 13.3. The second kappa shape index (κ2) is 7.42. The number of fused-ring (bicyclic) bond motifs is 1. The molecule has 0 saturated carbocycles. The number of hydrogen-bond acceptors (Lipinski definition) is 9. The number of hydrogen-bond donors (Lipinski definition) is 2. The Kier molecular flexibility index (Phi) is 5.02. The summed E-state index contributed by atoms with van der Waals surface area (Å²) in [5.41, 5.74) is 4.40. The molecule has 28 heavy (non-hydrogen) atoms. The molecule has 12 nitrogen and oxygen atoms in total. The Morgan fingerprint density at radius 1 is 1.32 bits per heavy atom. The van der Waals surface area contributed by atoms with E-state index in [0.29, 0.717) is 12.1 Å². The van der Waals surface area contributed by atoms with Crippen molar-refractivity contribution in [2.24, 2.45) is 0 Å². The molecule has 0 aliphatic rings. The third kappa shape index (κ3) is 3.39. The molecule has 0 amide bonds. The fourth-order valence-corrected chi connectivity index (χ4v) is 2.56. The molecule has 0 spiro atoms. The number of aryl methyl sites for hydroxylation is 1. The van der Waals surface area contributed by atoms with Gasteiger partial charge in [-0.2, -0.15) is 4.98 Å². The first-order valence-electron chi connectivity index (χ1n) is 8.34. The van der Waals surface area contributed by atoms with Crippen LogP contribution in [0.25, 0.3) is 5.78 Å². The van der Waals surface area contributed by atoms with Crippen LogP contribution in [0, 0.1) is 6.92 Å². The maximum Gasteiger partial charge on any atom is 0.378 e. The number of aromatic nitrogens is 6. The van der Waals surface area contributed by atoms with E-state index in [2.05, 4.69) is 15.1 Å². The Morgan fingerprint density at radius 2 is 2.07 bits per heavy atom. The van der Waals surface area contributed by atoms with Crippen molar-refractivity contribution in [3.8, 4) is 0 Å². The molecular formula is C16H17N7O5. The third-order valence-corrected chi connectivity index (χ3v) is 3.91. The first kappa shape index (κ1) is 18.9. The number of nitrogens with zero attached hydrogens (tertiary/aromatic N) is 5. The number of nitrogens with one attached hydrogen (secondary N) is 1. The molecule has 12 heteroatoms. The van der Waals surface area contributed by atoms with Crippen LogP contribution < -0.4 is 17.0 Å². The van der Waals surface area contributed by atoms with Gasteiger partial charge in [0.15, 0.2) is 6.61 Å². The van der Waals surface area contributed by atoms with Crippen molar-refractivity contribution in [1.82, 2.24) is 29.1 Å². The topological polar surface area (TPSA) is 167 Å². The van der Waals surface area contributed by atoms with Gasteiger partial charge in [-0.25, -0.2) is 19.1 Å². The number of esters is 1. The summed E-state index contributed by atoms with van der Waals surface area (Å²) in [5.74, 6) is -2.18. The van der Waals surface area contributed by atoms with Crippen molar-refractivity contribution in [3.05, 3.63) is 50.2 Å². The molecule has 0 aliphatic heterocycles. The smallest absolute Gasteiger partial charge is 0.378 e. The molecule has 146 valence electrons. The number of carbonyl (C=O) groups is 2. The summed E-state index contributed by atoms with van der Waals surface area (Å²) in [5, 5.41) is 3.97. The van der Waals surface area contributed by atoms with Crippen LogP contribution in [0.3, 0.4) is 0 Å². The Bertz CT molecular complexity index is 1190. The number of H-pyrrole nitrogens is 1. The van der Waals surface area contributed by atoms with Crippen LogP contribution >= 0.6 is 0 Å². The van der Waals surface area contributed by atoms with Crippen molar-refractivity contribution in [3.63, 3.8) is 0 Å². The Labute approximate surface area is 157 Å². The summed E-state index contributed by atoms with van der Waals surface area (Å²) in [7, 11) is 0. The van der Waals surface area contributed by atoms with Crippen LogP contribution in [0.1, 0.15) is 40.0 Å². The van der Waals surface area contributed by atoms with Gasteiger partial charge >= 0.3 is 11.7 Å². The monoisotopic (exact) mass is 387 g/mol. The summed E-state index contributed by atoms with van der Waals surface area (Å²) < 4.78 is 7.33. The number of anilines is 1. The number of carbonyl (C=O) groups excluding carboxylic acids is 2. The molecule has 0 aromatic carbocycles. The number of ketones is 1. The second-order valence-electron chi connectivity index (χ2n) is 5.90. The molecule has 3 N–H and O–H groups in total. The molecular weight excluding hydrogens is 370 g/mol. The average molecular weight is 387 g/mol. The van der Waals surface area contributed by atoms with Crippen molar-refractivity contribution in [1.29, 1.82) is 0 Å². The molecule has 0 fully saturated rings. The molecule has 3 aromatic heterocycles. The minimum absolute atomic E-state index is 0.200. The lowest BCUT2D eigenvalue weighted by molar-refractivity contribution is 0.0462. The van der Waals surface area contributed by atoms with Crippen molar-refractivity contribution < 1.29 is 14.3 Å². The van der Waals surface area contributed by atoms with Crippen LogP contribution in [-0.2, 0) is 11.3 Å². The lowest BCUT2D eigenvalue weighted by atomic mass is 10.2. The van der Waals surface area contributed by atoms with Gasteiger partial charge in [0.2, 0.25) is 5.78 Å². The fourth-order valence-electron chi connectivity index (χ4n) is 2.56. The molecule has 0 saturated heterocycles. The van der Waals surface area contributed by atoms with Gasteiger partial charge in [-0.1, -0.05) is 6.92 Å². The molecule has 3 heterocycles. The standard InChI is InChI=1S/C16H17N7O5/c1-3-6-22-11(17)10(13(25)20-16(22)27)9(24)7-28-14(26)12-19-15-18-5-4-8(2)23(15)21-12/h4-5H,3,6-7,17H2,1-2H3,(H,20,25,27). The Balaban J connectivity index is 1.81. The number of nitrogens with two attached hydrogens (primary N) is 1. The predicted molar refractivity (Wildman–Crippen MR) is 96.2 cm³/mol. The largest absolute Gasteiger partial charge is 0.451 e. The van der Waals surface area contributed by atoms with Crippen LogP contribution in [-0.4, -0.2) is 47.5 Å². The van der Waals surface area contributed by atoms with Crippen LogP contribution in [0.5, 0.6) is 0 Å². The highest BCUT2D eigenvalue weighted by atomic mass is 16.5. The van der Waals surface area contributed by atoms with Gasteiger partial charge in [-0.05, 0) is 19.4 Å². The highest BCUT2D eigenvalue weighted by molar-refractivity contribution is 6.01. The molecule has 0 radical (unpaired) electrons. The summed E-state index contributed by atoms with van der Waals surface area (Å²) >= 11 is 0. The van der Waals surface area contributed by atoms with Gasteiger partial charge in [-0.3, -0.25) is 19.1 Å². The van der Waals surface area contributed by atoms with Crippen molar-refractivity contribution in [2.45, 2.75) is 26.8 Å². The second-order valence-corrected chi connectivity index (χ2v) is 5.90. The molecule has 3 aromatic rings. The zero-order chi connectivity index (χ0) is 20.4. The number of rotatable bonds is 6. The maximum absolute atomic E-state index is 12.4. The van der Waals surface area contributed by atoms with Crippen molar-refractivity contribution in [2.75, 3.05) is 12.3 Å². The van der Waals surface area contributed by atoms with Gasteiger partial charge in [0.05, 0.1) is 0 Å². The predicted octanol–water partition coefficient (Wildman–Crippen LogP) is -0.685. The molecule has 0 aliphatic carbocycles. The highest BCUT2D eigenvalue weighted by Crippen LogP contribution is 2.07. The number of ether oxygens (including phenoxy) is 1. The fraction of sp³-hybridized carbons (Fsp3) is 0.312. The summed E-state index contributed by atoms with van der Waals surface area (Å²) in [6.07, 6.45) is 2.07. The van der Waals surface area contributed by atoms with E-state index in [1.165, 1.54) is 10.7 Å². The Hall–Kier alpha value is -3.83. The lowest BCUT2D eigenvalue weighted by Gasteiger charge is -2.10. The molecule has 3 rings (SSSR count). The quantitative estimate of drug-likeness (QED) is 0.411. The molecule has 0 atom stereocenters. The highest BCUT2D eigenvalue weighted by Gasteiger charge is 2.22. The average Bonchev–Trinajstić information content (AvgIpc) is 3.09. The Morgan fingerprint density at radius 3 is 2.75 bits per heavy atom. The SMILES string of the molecule is CCCn1c(N)c(C(=O)COC(=O)c2nc3nccc(C)n3n2)c(=O)[nH]c1=O. The van der Waals surface area contributed by atoms with E-state index in [4.69, 9.17) is 10.5 Å². The first-order valence-corrected chi connectivity index (χ1v) is 8.34. The third-order valence-electron chi connectivity index (χ3n) is 3.91. The van der Waals surface area contributed by atoms with Gasteiger partial charge < -0.3 is 10.5 Å². The van der Waals surface area contributed by atoms with E-state index in [1.807, 2.05) is 4.98 Å². The van der Waals surface area contributed by atoms with Gasteiger partial charge in [0.1, 0.15) is 11.4 Å². The van der Waals surface area contributed by atoms with E-state index in [9.17, 15) is 19.2 Å². The number of nitrogen functional groups attached to an aromatic ring is 1. The normalized spacial score (nSPS) is 10.9. The number of aromatic amines is 1.